The standard InChI is InChI=1S/C18H23N3O4/c1-12(11-25-2)19-15(22)10-21-16(23)18(20-17(21)24)9-5-7-13-6-3-4-8-14(13)18/h3-4,6,8,12H,5,7,9-11H2,1-2H3,(H,19,22)(H,20,24)/t12-,18+/m0/s1. The maximum Gasteiger partial charge on any atom is 0.325 e. The van der Waals surface area contributed by atoms with Gasteiger partial charge in [-0.2, -0.15) is 0 Å². The molecule has 1 aromatic rings. The van der Waals surface area contributed by atoms with E-state index in [1.807, 2.05) is 24.3 Å². The largest absolute Gasteiger partial charge is 0.383 e. The van der Waals surface area contributed by atoms with Crippen molar-refractivity contribution in [1.82, 2.24) is 15.5 Å². The van der Waals surface area contributed by atoms with E-state index < -0.39 is 11.6 Å². The van der Waals surface area contributed by atoms with Crippen molar-refractivity contribution in [2.24, 2.45) is 0 Å². The molecular formula is C18H23N3O4. The number of benzene rings is 1. The smallest absolute Gasteiger partial charge is 0.325 e. The third-order valence-electron chi connectivity index (χ3n) is 4.78. The molecule has 1 heterocycles. The first kappa shape index (κ1) is 17.4. The molecular weight excluding hydrogens is 322 g/mol. The Morgan fingerprint density at radius 3 is 2.92 bits per heavy atom. The average molecular weight is 345 g/mol. The highest BCUT2D eigenvalue weighted by Crippen LogP contribution is 2.39. The van der Waals surface area contributed by atoms with Gasteiger partial charge in [0, 0.05) is 13.2 Å². The van der Waals surface area contributed by atoms with Crippen LogP contribution < -0.4 is 10.6 Å². The van der Waals surface area contributed by atoms with E-state index in [1.165, 1.54) is 0 Å². The van der Waals surface area contributed by atoms with Crippen molar-refractivity contribution in [3.05, 3.63) is 35.4 Å². The summed E-state index contributed by atoms with van der Waals surface area (Å²) in [6.45, 7) is 1.87. The Bertz CT molecular complexity index is 705. The molecule has 1 aliphatic heterocycles. The molecule has 1 fully saturated rings. The van der Waals surface area contributed by atoms with E-state index in [4.69, 9.17) is 4.74 Å². The van der Waals surface area contributed by atoms with Crippen molar-refractivity contribution >= 4 is 17.8 Å². The molecule has 0 unspecified atom stereocenters. The van der Waals surface area contributed by atoms with Crippen LogP contribution in [0.5, 0.6) is 0 Å². The van der Waals surface area contributed by atoms with Crippen LogP contribution in [0.25, 0.3) is 0 Å². The number of urea groups is 1. The van der Waals surface area contributed by atoms with Gasteiger partial charge in [0.15, 0.2) is 0 Å². The highest BCUT2D eigenvalue weighted by atomic mass is 16.5. The van der Waals surface area contributed by atoms with Gasteiger partial charge in [0.1, 0.15) is 12.1 Å². The molecule has 2 atom stereocenters. The first-order valence-electron chi connectivity index (χ1n) is 8.49. The van der Waals surface area contributed by atoms with Crippen molar-refractivity contribution in [2.45, 2.75) is 37.8 Å². The number of ether oxygens (including phenoxy) is 1. The maximum atomic E-state index is 13.0. The Labute approximate surface area is 146 Å². The lowest BCUT2D eigenvalue weighted by Crippen LogP contribution is -2.48. The van der Waals surface area contributed by atoms with Crippen LogP contribution in [0, 0.1) is 0 Å². The number of nitrogens with zero attached hydrogens (tertiary/aromatic N) is 1. The second-order valence-electron chi connectivity index (χ2n) is 6.66. The number of hydrogen-bond acceptors (Lipinski definition) is 4. The number of amides is 4. The number of aryl methyl sites for hydroxylation is 1. The molecule has 1 aliphatic carbocycles. The third-order valence-corrected chi connectivity index (χ3v) is 4.78. The first-order chi connectivity index (χ1) is 12.0. The Morgan fingerprint density at radius 2 is 2.16 bits per heavy atom. The second-order valence-corrected chi connectivity index (χ2v) is 6.66. The van der Waals surface area contributed by atoms with Crippen molar-refractivity contribution in [2.75, 3.05) is 20.3 Å². The van der Waals surface area contributed by atoms with E-state index in [2.05, 4.69) is 10.6 Å². The number of carbonyl (C=O) groups excluding carboxylic acids is 3. The van der Waals surface area contributed by atoms with Crippen molar-refractivity contribution in [1.29, 1.82) is 0 Å². The summed E-state index contributed by atoms with van der Waals surface area (Å²) in [6.07, 6.45) is 2.25. The third kappa shape index (κ3) is 3.11. The Hall–Kier alpha value is -2.41. The van der Waals surface area contributed by atoms with E-state index in [1.54, 1.807) is 14.0 Å². The zero-order chi connectivity index (χ0) is 18.0. The summed E-state index contributed by atoms with van der Waals surface area (Å²) in [5.41, 5.74) is 0.877. The molecule has 1 spiro atoms. The first-order valence-corrected chi connectivity index (χ1v) is 8.49. The normalized spacial score (nSPS) is 23.4. The van der Waals surface area contributed by atoms with E-state index in [9.17, 15) is 14.4 Å². The summed E-state index contributed by atoms with van der Waals surface area (Å²) in [6, 6.07) is 6.96. The van der Waals surface area contributed by atoms with E-state index in [0.717, 1.165) is 28.9 Å². The second kappa shape index (κ2) is 6.84. The highest BCUT2D eigenvalue weighted by Gasteiger charge is 2.54. The zero-order valence-electron chi connectivity index (χ0n) is 14.5. The van der Waals surface area contributed by atoms with Crippen LogP contribution in [0.2, 0.25) is 0 Å². The summed E-state index contributed by atoms with van der Waals surface area (Å²) >= 11 is 0. The summed E-state index contributed by atoms with van der Waals surface area (Å²) in [5, 5.41) is 5.56. The number of carbonyl (C=O) groups is 3. The van der Waals surface area contributed by atoms with Crippen LogP contribution in [0.15, 0.2) is 24.3 Å². The van der Waals surface area contributed by atoms with Crippen LogP contribution in [0.4, 0.5) is 4.79 Å². The van der Waals surface area contributed by atoms with Gasteiger partial charge in [0.25, 0.3) is 5.91 Å². The van der Waals surface area contributed by atoms with Crippen LogP contribution in [0.3, 0.4) is 0 Å². The van der Waals surface area contributed by atoms with Gasteiger partial charge in [-0.3, -0.25) is 14.5 Å². The van der Waals surface area contributed by atoms with Gasteiger partial charge < -0.3 is 15.4 Å². The number of imide groups is 1. The maximum absolute atomic E-state index is 13.0. The molecule has 1 saturated heterocycles. The number of fused-ring (bicyclic) bond motifs is 2. The zero-order valence-corrected chi connectivity index (χ0v) is 14.5. The SMILES string of the molecule is COC[C@H](C)NC(=O)CN1C(=O)N[C@@]2(CCCc3ccccc32)C1=O. The van der Waals surface area contributed by atoms with Gasteiger partial charge in [-0.05, 0) is 37.3 Å². The molecule has 0 bridgehead atoms. The molecule has 7 nitrogen and oxygen atoms in total. The molecule has 7 heteroatoms. The van der Waals surface area contributed by atoms with Gasteiger partial charge in [0.05, 0.1) is 6.61 Å². The molecule has 1 aromatic carbocycles. The van der Waals surface area contributed by atoms with Crippen LogP contribution >= 0.6 is 0 Å². The number of rotatable bonds is 5. The van der Waals surface area contributed by atoms with Crippen molar-refractivity contribution in [3.63, 3.8) is 0 Å². The molecule has 2 N–H and O–H groups in total. The lowest BCUT2D eigenvalue weighted by Gasteiger charge is -2.33. The number of nitrogens with one attached hydrogen (secondary N) is 2. The summed E-state index contributed by atoms with van der Waals surface area (Å²) in [7, 11) is 1.55. The molecule has 3 rings (SSSR count). The molecule has 0 saturated carbocycles. The minimum absolute atomic E-state index is 0.192. The molecule has 0 aromatic heterocycles. The van der Waals surface area contributed by atoms with Crippen LogP contribution in [-0.2, 0) is 26.3 Å². The predicted octanol–water partition coefficient (Wildman–Crippen LogP) is 0.921. The van der Waals surface area contributed by atoms with E-state index >= 15 is 0 Å². The quantitative estimate of drug-likeness (QED) is 0.777. The Morgan fingerprint density at radius 1 is 1.40 bits per heavy atom. The minimum Gasteiger partial charge on any atom is -0.383 e. The van der Waals surface area contributed by atoms with Gasteiger partial charge in [-0.15, -0.1) is 0 Å². The highest BCUT2D eigenvalue weighted by molar-refractivity contribution is 6.09. The summed E-state index contributed by atoms with van der Waals surface area (Å²) in [5.74, 6) is -0.728. The van der Waals surface area contributed by atoms with Gasteiger partial charge in [-0.25, -0.2) is 4.79 Å². The fourth-order valence-corrected chi connectivity index (χ4v) is 3.71. The van der Waals surface area contributed by atoms with Crippen molar-refractivity contribution < 1.29 is 19.1 Å². The lowest BCUT2D eigenvalue weighted by atomic mass is 9.76. The molecule has 0 radical (unpaired) electrons. The van der Waals surface area contributed by atoms with Gasteiger partial charge >= 0.3 is 6.03 Å². The predicted molar refractivity (Wildman–Crippen MR) is 90.8 cm³/mol. The van der Waals surface area contributed by atoms with Crippen molar-refractivity contribution in [3.8, 4) is 0 Å². The Balaban J connectivity index is 1.79. The fourth-order valence-electron chi connectivity index (χ4n) is 3.71. The van der Waals surface area contributed by atoms with Crippen LogP contribution in [-0.4, -0.2) is 49.0 Å². The minimum atomic E-state index is -1.04. The summed E-state index contributed by atoms with van der Waals surface area (Å²) in [4.78, 5) is 38.6. The van der Waals surface area contributed by atoms with Gasteiger partial charge in [-0.1, -0.05) is 24.3 Å². The van der Waals surface area contributed by atoms with E-state index in [0.29, 0.717) is 13.0 Å². The molecule has 134 valence electrons. The number of methoxy groups -OCH3 is 1. The van der Waals surface area contributed by atoms with E-state index in [-0.39, 0.29) is 24.4 Å². The Kier molecular flexibility index (Phi) is 4.76. The molecule has 25 heavy (non-hydrogen) atoms. The summed E-state index contributed by atoms with van der Waals surface area (Å²) < 4.78 is 4.97. The molecule has 2 aliphatic rings. The average Bonchev–Trinajstić information content (AvgIpc) is 2.80. The van der Waals surface area contributed by atoms with Crippen LogP contribution in [0.1, 0.15) is 30.9 Å². The molecule has 4 amide bonds. The topological polar surface area (TPSA) is 87.7 Å². The number of hydrogen-bond donors (Lipinski definition) is 2. The van der Waals surface area contributed by atoms with Gasteiger partial charge in [0.2, 0.25) is 5.91 Å². The fraction of sp³-hybridized carbons (Fsp3) is 0.500. The lowest BCUT2D eigenvalue weighted by molar-refractivity contribution is -0.135. The monoisotopic (exact) mass is 345 g/mol.